The molecule has 1 aliphatic rings. The van der Waals surface area contributed by atoms with E-state index in [-0.39, 0.29) is 34.9 Å². The Kier molecular flexibility index (Phi) is 6.28. The van der Waals surface area contributed by atoms with Crippen LogP contribution in [0.5, 0.6) is 0 Å². The second kappa shape index (κ2) is 9.13. The summed E-state index contributed by atoms with van der Waals surface area (Å²) in [6, 6.07) is 14.3. The molecule has 1 fully saturated rings. The van der Waals surface area contributed by atoms with E-state index in [1.807, 2.05) is 0 Å². The highest BCUT2D eigenvalue weighted by molar-refractivity contribution is 7.91. The highest BCUT2D eigenvalue weighted by Crippen LogP contribution is 2.34. The maximum atomic E-state index is 13.1. The smallest absolute Gasteiger partial charge is 0.241 e. The van der Waals surface area contributed by atoms with Crippen LogP contribution in [-0.4, -0.2) is 42.7 Å². The fourth-order valence-electron chi connectivity index (χ4n) is 3.43. The van der Waals surface area contributed by atoms with Crippen LogP contribution >= 0.6 is 11.3 Å². The van der Waals surface area contributed by atoms with E-state index in [9.17, 15) is 22.4 Å². The van der Waals surface area contributed by atoms with Gasteiger partial charge in [0, 0.05) is 24.6 Å². The Labute approximate surface area is 188 Å². The maximum Gasteiger partial charge on any atom is 0.241 e. The molecule has 0 spiro atoms. The van der Waals surface area contributed by atoms with Crippen LogP contribution in [0.3, 0.4) is 0 Å². The van der Waals surface area contributed by atoms with E-state index in [4.69, 9.17) is 0 Å². The second-order valence-corrected chi connectivity index (χ2v) is 10.5. The van der Waals surface area contributed by atoms with Gasteiger partial charge in [0.25, 0.3) is 0 Å². The van der Waals surface area contributed by atoms with Crippen molar-refractivity contribution in [2.45, 2.75) is 18.1 Å². The highest BCUT2D eigenvalue weighted by Gasteiger charge is 2.34. The van der Waals surface area contributed by atoms with Crippen molar-refractivity contribution in [3.63, 3.8) is 0 Å². The highest BCUT2D eigenvalue weighted by atomic mass is 32.2. The molecule has 166 valence electrons. The molecule has 1 saturated heterocycles. The largest absolute Gasteiger partial charge is 0.312 e. The molecule has 0 saturated carbocycles. The average molecular weight is 475 g/mol. The lowest BCUT2D eigenvalue weighted by Crippen LogP contribution is -2.24. The SMILES string of the molecule is O=C(CS(=O)(=O)Cc1ccccc1)Nc1nnc(C2CC(=O)N(c3ccc(F)cc3)C2)s1. The average Bonchev–Trinajstić information content (AvgIpc) is 3.35. The number of sulfone groups is 1. The molecule has 11 heteroatoms. The molecule has 1 aliphatic heterocycles. The summed E-state index contributed by atoms with van der Waals surface area (Å²) in [6.07, 6.45) is 0.214. The van der Waals surface area contributed by atoms with Crippen LogP contribution in [-0.2, 0) is 25.2 Å². The maximum absolute atomic E-state index is 13.1. The molecule has 1 unspecified atom stereocenters. The summed E-state index contributed by atoms with van der Waals surface area (Å²) >= 11 is 1.10. The lowest BCUT2D eigenvalue weighted by atomic mass is 10.1. The predicted molar refractivity (Wildman–Crippen MR) is 119 cm³/mol. The predicted octanol–water partition coefficient (Wildman–Crippen LogP) is 2.75. The number of aromatic nitrogens is 2. The number of amides is 2. The van der Waals surface area contributed by atoms with Crippen LogP contribution in [0.25, 0.3) is 0 Å². The van der Waals surface area contributed by atoms with Gasteiger partial charge in [0.1, 0.15) is 16.6 Å². The second-order valence-electron chi connectivity index (χ2n) is 7.39. The van der Waals surface area contributed by atoms with E-state index in [2.05, 4.69) is 15.5 Å². The van der Waals surface area contributed by atoms with Crippen molar-refractivity contribution in [2.75, 3.05) is 22.5 Å². The number of nitrogens with one attached hydrogen (secondary N) is 1. The molecule has 3 aromatic rings. The summed E-state index contributed by atoms with van der Waals surface area (Å²) in [5.41, 5.74) is 1.20. The molecule has 2 amide bonds. The molecule has 32 heavy (non-hydrogen) atoms. The molecular formula is C21H19FN4O4S2. The first-order valence-corrected chi connectivity index (χ1v) is 12.4. The number of carbonyl (C=O) groups excluding carboxylic acids is 2. The molecule has 0 bridgehead atoms. The number of benzene rings is 2. The van der Waals surface area contributed by atoms with Crippen LogP contribution in [0.15, 0.2) is 54.6 Å². The third kappa shape index (κ3) is 5.35. The van der Waals surface area contributed by atoms with Crippen LogP contribution in [0.4, 0.5) is 15.2 Å². The van der Waals surface area contributed by atoms with Gasteiger partial charge >= 0.3 is 0 Å². The van der Waals surface area contributed by atoms with E-state index in [1.54, 1.807) is 35.2 Å². The van der Waals surface area contributed by atoms with Gasteiger partial charge in [-0.3, -0.25) is 14.9 Å². The molecule has 0 aliphatic carbocycles. The van der Waals surface area contributed by atoms with Crippen molar-refractivity contribution in [2.24, 2.45) is 0 Å². The molecule has 8 nitrogen and oxygen atoms in total. The minimum absolute atomic E-state index is 0.116. The third-order valence-electron chi connectivity index (χ3n) is 4.88. The monoisotopic (exact) mass is 474 g/mol. The van der Waals surface area contributed by atoms with Crippen molar-refractivity contribution >= 4 is 43.8 Å². The van der Waals surface area contributed by atoms with Gasteiger partial charge in [-0.05, 0) is 29.8 Å². The quantitative estimate of drug-likeness (QED) is 0.564. The Balaban J connectivity index is 1.36. The lowest BCUT2D eigenvalue weighted by molar-refractivity contribution is -0.117. The molecule has 2 heterocycles. The Morgan fingerprint density at radius 3 is 2.56 bits per heavy atom. The minimum atomic E-state index is -3.64. The van der Waals surface area contributed by atoms with Crippen molar-refractivity contribution < 1.29 is 22.4 Å². The fourth-order valence-corrected chi connectivity index (χ4v) is 5.55. The first-order chi connectivity index (χ1) is 15.3. The summed E-state index contributed by atoms with van der Waals surface area (Å²) in [7, 11) is -3.64. The number of rotatable bonds is 7. The Morgan fingerprint density at radius 1 is 1.12 bits per heavy atom. The van der Waals surface area contributed by atoms with Crippen molar-refractivity contribution in [1.29, 1.82) is 0 Å². The summed E-state index contributed by atoms with van der Waals surface area (Å²) in [4.78, 5) is 26.2. The van der Waals surface area contributed by atoms with E-state index in [1.165, 1.54) is 24.3 Å². The van der Waals surface area contributed by atoms with Gasteiger partial charge in [-0.2, -0.15) is 0 Å². The lowest BCUT2D eigenvalue weighted by Gasteiger charge is -2.16. The molecular weight excluding hydrogens is 455 g/mol. The first kappa shape index (κ1) is 22.0. The van der Waals surface area contributed by atoms with E-state index in [0.29, 0.717) is 22.8 Å². The summed E-state index contributed by atoms with van der Waals surface area (Å²) in [6.45, 7) is 0.360. The number of nitrogens with zero attached hydrogens (tertiary/aromatic N) is 3. The van der Waals surface area contributed by atoms with Gasteiger partial charge in [-0.25, -0.2) is 12.8 Å². The zero-order valence-electron chi connectivity index (χ0n) is 16.8. The Hall–Kier alpha value is -3.18. The van der Waals surface area contributed by atoms with Gasteiger partial charge in [0.15, 0.2) is 9.84 Å². The van der Waals surface area contributed by atoms with Crippen LogP contribution in [0.1, 0.15) is 22.9 Å². The first-order valence-electron chi connectivity index (χ1n) is 9.72. The topological polar surface area (TPSA) is 109 Å². The minimum Gasteiger partial charge on any atom is -0.312 e. The fraction of sp³-hybridized carbons (Fsp3) is 0.238. The van der Waals surface area contributed by atoms with Crippen molar-refractivity contribution in [3.05, 3.63) is 71.0 Å². The summed E-state index contributed by atoms with van der Waals surface area (Å²) < 4.78 is 37.7. The molecule has 0 radical (unpaired) electrons. The molecule has 1 N–H and O–H groups in total. The molecule has 1 aromatic heterocycles. The van der Waals surface area contributed by atoms with Crippen LogP contribution in [0, 0.1) is 5.82 Å². The number of hydrogen-bond acceptors (Lipinski definition) is 7. The van der Waals surface area contributed by atoms with Crippen LogP contribution < -0.4 is 10.2 Å². The van der Waals surface area contributed by atoms with Gasteiger partial charge in [0.2, 0.25) is 16.9 Å². The van der Waals surface area contributed by atoms with E-state index >= 15 is 0 Å². The van der Waals surface area contributed by atoms with E-state index in [0.717, 1.165) is 11.3 Å². The van der Waals surface area contributed by atoms with Crippen molar-refractivity contribution in [1.82, 2.24) is 10.2 Å². The Morgan fingerprint density at radius 2 is 1.84 bits per heavy atom. The van der Waals surface area contributed by atoms with Gasteiger partial charge in [-0.1, -0.05) is 41.7 Å². The van der Waals surface area contributed by atoms with Gasteiger partial charge < -0.3 is 4.90 Å². The zero-order valence-corrected chi connectivity index (χ0v) is 18.4. The number of halogens is 1. The Bertz CT molecular complexity index is 1230. The number of hydrogen-bond donors (Lipinski definition) is 1. The molecule has 4 rings (SSSR count). The van der Waals surface area contributed by atoms with Crippen LogP contribution in [0.2, 0.25) is 0 Å². The molecule has 2 aromatic carbocycles. The van der Waals surface area contributed by atoms with E-state index < -0.39 is 21.5 Å². The number of anilines is 2. The molecule has 1 atom stereocenters. The van der Waals surface area contributed by atoms with Crippen molar-refractivity contribution in [3.8, 4) is 0 Å². The summed E-state index contributed by atoms with van der Waals surface area (Å²) in [5.74, 6) is -2.32. The number of carbonyl (C=O) groups is 2. The zero-order chi connectivity index (χ0) is 22.7. The normalized spacial score (nSPS) is 16.3. The van der Waals surface area contributed by atoms with Gasteiger partial charge in [-0.15, -0.1) is 10.2 Å². The summed E-state index contributed by atoms with van der Waals surface area (Å²) in [5, 5.41) is 11.2. The third-order valence-corrected chi connectivity index (χ3v) is 7.36. The van der Waals surface area contributed by atoms with Gasteiger partial charge in [0.05, 0.1) is 5.75 Å². The standard InChI is InChI=1S/C21H19FN4O4S2/c22-16-6-8-17(9-7-16)26-11-15(10-19(26)28)20-24-25-21(31-20)23-18(27)13-32(29,30)12-14-4-2-1-3-5-14/h1-9,15H,10-13H2,(H,23,25,27).